The number of hydrazine groups is 1. The summed E-state index contributed by atoms with van der Waals surface area (Å²) in [7, 11) is 4.80. The third kappa shape index (κ3) is 7.98. The van der Waals surface area contributed by atoms with Crippen LogP contribution in [-0.4, -0.2) is 48.0 Å². The number of ether oxygens (including phenoxy) is 1. The standard InChI is InChI=1S/C27H36F3N7O2/c1-8-19(13-25(17(2)3)37(32)16-23(31)21-15-33-36(6)18(21)4)26(38)34-20-9-10-24(35(5)11-12-39-7)22(14-20)27(28,29)30/h8-10,13-16H,2,11-12,31-32H2,1,3-7H3,(H,34,38)/b19-8+,23-16-,25-13+. The highest BCUT2D eigenvalue weighted by atomic mass is 19.4. The van der Waals surface area contributed by atoms with Crippen molar-refractivity contribution < 1.29 is 22.7 Å². The van der Waals surface area contributed by atoms with E-state index in [1.807, 2.05) is 6.92 Å². The van der Waals surface area contributed by atoms with Gasteiger partial charge in [-0.3, -0.25) is 14.5 Å². The van der Waals surface area contributed by atoms with Crippen molar-refractivity contribution in [1.29, 1.82) is 0 Å². The molecular formula is C27H36F3N7O2. The number of halogens is 3. The molecule has 0 radical (unpaired) electrons. The first-order valence-electron chi connectivity index (χ1n) is 12.0. The Labute approximate surface area is 226 Å². The molecule has 2 rings (SSSR count). The third-order valence-corrected chi connectivity index (χ3v) is 6.01. The van der Waals surface area contributed by atoms with Gasteiger partial charge in [0.2, 0.25) is 0 Å². The monoisotopic (exact) mass is 547 g/mol. The molecule has 0 bridgehead atoms. The fourth-order valence-electron chi connectivity index (χ4n) is 3.64. The van der Waals surface area contributed by atoms with Crippen LogP contribution in [0.5, 0.6) is 0 Å². The zero-order chi connectivity index (χ0) is 29.5. The first-order valence-corrected chi connectivity index (χ1v) is 12.0. The van der Waals surface area contributed by atoms with Crippen molar-refractivity contribution in [3.05, 3.63) is 83.0 Å². The number of nitrogens with zero attached hydrogens (tertiary/aromatic N) is 4. The van der Waals surface area contributed by atoms with Gasteiger partial charge in [0.05, 0.1) is 29.8 Å². The Bertz CT molecular complexity index is 1290. The molecule has 0 aliphatic carbocycles. The molecule has 1 aromatic heterocycles. The van der Waals surface area contributed by atoms with E-state index in [0.717, 1.165) is 11.8 Å². The summed E-state index contributed by atoms with van der Waals surface area (Å²) < 4.78 is 48.1. The number of anilines is 2. The number of benzene rings is 1. The average molecular weight is 548 g/mol. The summed E-state index contributed by atoms with van der Waals surface area (Å²) >= 11 is 0. The smallest absolute Gasteiger partial charge is 0.397 e. The zero-order valence-electron chi connectivity index (χ0n) is 23.1. The molecule has 5 N–H and O–H groups in total. The van der Waals surface area contributed by atoms with Crippen molar-refractivity contribution in [3.63, 3.8) is 0 Å². The highest BCUT2D eigenvalue weighted by molar-refractivity contribution is 6.06. The number of hydrogen-bond acceptors (Lipinski definition) is 7. The van der Waals surface area contributed by atoms with Gasteiger partial charge in [-0.05, 0) is 50.6 Å². The Kier molecular flexibility index (Phi) is 10.5. The lowest BCUT2D eigenvalue weighted by atomic mass is 10.1. The molecule has 0 atom stereocenters. The van der Waals surface area contributed by atoms with E-state index in [9.17, 15) is 18.0 Å². The van der Waals surface area contributed by atoms with Crippen LogP contribution in [0.25, 0.3) is 5.70 Å². The minimum absolute atomic E-state index is 0.0124. The number of carbonyl (C=O) groups is 1. The van der Waals surface area contributed by atoms with Crippen LogP contribution in [0.4, 0.5) is 24.5 Å². The van der Waals surface area contributed by atoms with Gasteiger partial charge in [-0.15, -0.1) is 0 Å². The quantitative estimate of drug-likeness (QED) is 0.166. The molecule has 0 aliphatic heterocycles. The van der Waals surface area contributed by atoms with E-state index in [1.54, 1.807) is 38.8 Å². The van der Waals surface area contributed by atoms with Crippen LogP contribution in [0.3, 0.4) is 0 Å². The number of methoxy groups -OCH3 is 1. The summed E-state index contributed by atoms with van der Waals surface area (Å²) in [5, 5.41) is 7.93. The fourth-order valence-corrected chi connectivity index (χ4v) is 3.64. The molecule has 2 aromatic rings. The molecule has 0 spiro atoms. The lowest BCUT2D eigenvalue weighted by Crippen LogP contribution is -2.27. The van der Waals surface area contributed by atoms with Crippen LogP contribution in [0.1, 0.15) is 30.7 Å². The summed E-state index contributed by atoms with van der Waals surface area (Å²) in [6.45, 7) is 9.62. The van der Waals surface area contributed by atoms with Gasteiger partial charge in [0, 0.05) is 62.2 Å². The molecule has 9 nitrogen and oxygen atoms in total. The topological polar surface area (TPSA) is 115 Å². The second-order valence-electron chi connectivity index (χ2n) is 8.91. The number of likely N-dealkylation sites (N-methyl/N-ethyl adjacent to an activating group) is 1. The fraction of sp³-hybridized carbons (Fsp3) is 0.333. The lowest BCUT2D eigenvalue weighted by molar-refractivity contribution is -0.137. The molecule has 39 heavy (non-hydrogen) atoms. The summed E-state index contributed by atoms with van der Waals surface area (Å²) in [4.78, 5) is 14.5. The summed E-state index contributed by atoms with van der Waals surface area (Å²) in [6, 6.07) is 3.63. The van der Waals surface area contributed by atoms with E-state index in [2.05, 4.69) is 17.0 Å². The SMILES string of the molecule is C=C(C)/C(=C\C(=C/C)C(=O)Nc1ccc(N(C)CCOC)c(C(F)(F)F)c1)N(N)/C=C(\N)c1cnn(C)c1C. The van der Waals surface area contributed by atoms with Crippen molar-refractivity contribution in [1.82, 2.24) is 14.8 Å². The molecule has 1 heterocycles. The predicted octanol–water partition coefficient (Wildman–Crippen LogP) is 4.31. The number of carbonyl (C=O) groups excluding carboxylic acids is 1. The Morgan fingerprint density at radius 1 is 1.33 bits per heavy atom. The predicted molar refractivity (Wildman–Crippen MR) is 148 cm³/mol. The molecule has 212 valence electrons. The van der Waals surface area contributed by atoms with Crippen LogP contribution in [-0.2, 0) is 22.8 Å². The summed E-state index contributed by atoms with van der Waals surface area (Å²) in [5.74, 6) is 5.61. The van der Waals surface area contributed by atoms with Crippen LogP contribution >= 0.6 is 0 Å². The number of nitrogens with two attached hydrogens (primary N) is 2. The van der Waals surface area contributed by atoms with Gasteiger partial charge in [0.1, 0.15) is 0 Å². The number of aromatic nitrogens is 2. The van der Waals surface area contributed by atoms with Crippen molar-refractivity contribution >= 4 is 23.0 Å². The number of alkyl halides is 3. The van der Waals surface area contributed by atoms with Crippen LogP contribution < -0.4 is 21.8 Å². The first-order chi connectivity index (χ1) is 18.2. The molecule has 0 saturated carbocycles. The van der Waals surface area contributed by atoms with Crippen molar-refractivity contribution in [2.45, 2.75) is 26.9 Å². The van der Waals surface area contributed by atoms with E-state index in [0.29, 0.717) is 22.5 Å². The number of nitrogens with one attached hydrogen (secondary N) is 1. The molecule has 1 aromatic carbocycles. The normalized spacial score (nSPS) is 12.9. The number of aryl methyl sites for hydroxylation is 1. The second-order valence-corrected chi connectivity index (χ2v) is 8.91. The highest BCUT2D eigenvalue weighted by Gasteiger charge is 2.35. The maximum absolute atomic E-state index is 13.8. The van der Waals surface area contributed by atoms with Crippen molar-refractivity contribution in [2.75, 3.05) is 37.5 Å². The maximum atomic E-state index is 13.8. The van der Waals surface area contributed by atoms with Gasteiger partial charge < -0.3 is 20.7 Å². The van der Waals surface area contributed by atoms with Crippen LogP contribution in [0.15, 0.2) is 66.2 Å². The van der Waals surface area contributed by atoms with E-state index in [-0.39, 0.29) is 30.1 Å². The molecule has 0 aliphatic rings. The maximum Gasteiger partial charge on any atom is 0.418 e. The van der Waals surface area contributed by atoms with Crippen molar-refractivity contribution in [2.24, 2.45) is 18.6 Å². The van der Waals surface area contributed by atoms with Gasteiger partial charge in [0.25, 0.3) is 5.91 Å². The lowest BCUT2D eigenvalue weighted by Gasteiger charge is -2.24. The average Bonchev–Trinajstić information content (AvgIpc) is 3.20. The van der Waals surface area contributed by atoms with Crippen LogP contribution in [0.2, 0.25) is 0 Å². The molecule has 0 saturated heterocycles. The van der Waals surface area contributed by atoms with E-state index < -0.39 is 17.6 Å². The number of rotatable bonds is 11. The number of hydrogen-bond donors (Lipinski definition) is 3. The van der Waals surface area contributed by atoms with Gasteiger partial charge in [0.15, 0.2) is 0 Å². The zero-order valence-corrected chi connectivity index (χ0v) is 23.1. The Morgan fingerprint density at radius 2 is 2.00 bits per heavy atom. The number of amides is 1. The van der Waals surface area contributed by atoms with E-state index >= 15 is 0 Å². The van der Waals surface area contributed by atoms with E-state index in [4.69, 9.17) is 16.3 Å². The Hall–Kier alpha value is -4.03. The Balaban J connectivity index is 2.35. The molecule has 0 fully saturated rings. The molecule has 12 heteroatoms. The van der Waals surface area contributed by atoms with Crippen LogP contribution in [0, 0.1) is 6.92 Å². The molecular weight excluding hydrogens is 511 g/mol. The largest absolute Gasteiger partial charge is 0.418 e. The van der Waals surface area contributed by atoms with Gasteiger partial charge in [-0.25, -0.2) is 5.84 Å². The minimum Gasteiger partial charge on any atom is -0.397 e. The van der Waals surface area contributed by atoms with Gasteiger partial charge >= 0.3 is 6.18 Å². The molecule has 0 unspecified atom stereocenters. The van der Waals surface area contributed by atoms with Gasteiger partial charge in [-0.1, -0.05) is 12.7 Å². The highest BCUT2D eigenvalue weighted by Crippen LogP contribution is 2.38. The van der Waals surface area contributed by atoms with Gasteiger partial charge in [-0.2, -0.15) is 18.3 Å². The summed E-state index contributed by atoms with van der Waals surface area (Å²) in [5.41, 5.74) is 8.22. The summed E-state index contributed by atoms with van der Waals surface area (Å²) in [6.07, 6.45) is 1.45. The second kappa shape index (κ2) is 13.2. The minimum atomic E-state index is -4.63. The number of allylic oxidation sites excluding steroid dienone is 2. The Morgan fingerprint density at radius 3 is 2.51 bits per heavy atom. The molecule has 1 amide bonds. The third-order valence-electron chi connectivity index (χ3n) is 6.01. The first kappa shape index (κ1) is 31.2. The van der Waals surface area contributed by atoms with Crippen molar-refractivity contribution in [3.8, 4) is 0 Å². The van der Waals surface area contributed by atoms with E-state index in [1.165, 1.54) is 47.5 Å².